The van der Waals surface area contributed by atoms with E-state index < -0.39 is 20.5 Å². The Bertz CT molecular complexity index is 597. The van der Waals surface area contributed by atoms with Gasteiger partial charge in [-0.15, -0.1) is 11.6 Å². The van der Waals surface area contributed by atoms with Gasteiger partial charge in [-0.05, 0) is 24.1 Å². The standard InChI is InChI=1S/C12H14ClNO3S/c1-7(18(2,16)17)12(13)8-3-4-10-9(5-8)6-11(15)14-10/h3-5,7,12H,6H2,1-2H3,(H,14,15). The van der Waals surface area contributed by atoms with Gasteiger partial charge in [0.05, 0.1) is 17.0 Å². The maximum absolute atomic E-state index is 11.5. The molecule has 4 nitrogen and oxygen atoms in total. The predicted molar refractivity (Wildman–Crippen MR) is 71.7 cm³/mol. The highest BCUT2D eigenvalue weighted by Crippen LogP contribution is 2.32. The van der Waals surface area contributed by atoms with Crippen LogP contribution in [0.15, 0.2) is 18.2 Å². The Hall–Kier alpha value is -1.07. The minimum absolute atomic E-state index is 0.0515. The van der Waals surface area contributed by atoms with Gasteiger partial charge in [-0.3, -0.25) is 4.79 Å². The normalized spacial score (nSPS) is 18.1. The molecule has 1 heterocycles. The molecular weight excluding hydrogens is 274 g/mol. The molecule has 1 aliphatic rings. The van der Waals surface area contributed by atoms with Crippen LogP contribution in [0.2, 0.25) is 0 Å². The summed E-state index contributed by atoms with van der Waals surface area (Å²) in [6, 6.07) is 5.32. The third-order valence-corrected chi connectivity index (χ3v) is 5.56. The second-order valence-electron chi connectivity index (χ2n) is 4.58. The number of rotatable bonds is 3. The Labute approximate surface area is 111 Å². The summed E-state index contributed by atoms with van der Waals surface area (Å²) in [5.41, 5.74) is 2.37. The van der Waals surface area contributed by atoms with Gasteiger partial charge in [0.2, 0.25) is 5.91 Å². The van der Waals surface area contributed by atoms with Crippen LogP contribution in [0.5, 0.6) is 0 Å². The summed E-state index contributed by atoms with van der Waals surface area (Å²) < 4.78 is 23.0. The summed E-state index contributed by atoms with van der Waals surface area (Å²) in [5.74, 6) is -0.0515. The lowest BCUT2D eigenvalue weighted by molar-refractivity contribution is -0.115. The van der Waals surface area contributed by atoms with Gasteiger partial charge in [-0.2, -0.15) is 0 Å². The van der Waals surface area contributed by atoms with Crippen molar-refractivity contribution in [2.75, 3.05) is 11.6 Å². The van der Waals surface area contributed by atoms with Gasteiger partial charge in [0.1, 0.15) is 0 Å². The Morgan fingerprint density at radius 2 is 2.06 bits per heavy atom. The maximum atomic E-state index is 11.5. The lowest BCUT2D eigenvalue weighted by atomic mass is 10.0. The van der Waals surface area contributed by atoms with Crippen LogP contribution in [0.25, 0.3) is 0 Å². The Morgan fingerprint density at radius 1 is 1.39 bits per heavy atom. The van der Waals surface area contributed by atoms with Crippen LogP contribution >= 0.6 is 11.6 Å². The zero-order valence-electron chi connectivity index (χ0n) is 10.1. The average Bonchev–Trinajstić information content (AvgIpc) is 2.64. The van der Waals surface area contributed by atoms with Gasteiger partial charge in [0, 0.05) is 11.9 Å². The van der Waals surface area contributed by atoms with E-state index in [4.69, 9.17) is 11.6 Å². The van der Waals surface area contributed by atoms with Gasteiger partial charge >= 0.3 is 0 Å². The molecule has 1 aliphatic heterocycles. The fourth-order valence-corrected chi connectivity index (χ4v) is 3.20. The van der Waals surface area contributed by atoms with Crippen LogP contribution in [-0.4, -0.2) is 25.8 Å². The molecule has 1 N–H and O–H groups in total. The first-order chi connectivity index (χ1) is 8.29. The van der Waals surface area contributed by atoms with Gasteiger partial charge < -0.3 is 5.32 Å². The highest BCUT2D eigenvalue weighted by Gasteiger charge is 2.27. The number of fused-ring (bicyclic) bond motifs is 1. The van der Waals surface area contributed by atoms with E-state index >= 15 is 0 Å². The zero-order valence-corrected chi connectivity index (χ0v) is 11.7. The molecule has 0 radical (unpaired) electrons. The van der Waals surface area contributed by atoms with Gasteiger partial charge in [-0.25, -0.2) is 8.42 Å². The molecule has 98 valence electrons. The molecule has 0 bridgehead atoms. The van der Waals surface area contributed by atoms with Crippen molar-refractivity contribution >= 4 is 33.0 Å². The average molecular weight is 288 g/mol. The molecular formula is C12H14ClNO3S. The number of hydrogen-bond acceptors (Lipinski definition) is 3. The van der Waals surface area contributed by atoms with Gasteiger partial charge in [0.15, 0.2) is 9.84 Å². The van der Waals surface area contributed by atoms with Crippen molar-refractivity contribution in [2.24, 2.45) is 0 Å². The molecule has 1 amide bonds. The van der Waals surface area contributed by atoms with Crippen LogP contribution in [0.1, 0.15) is 23.4 Å². The Balaban J connectivity index is 2.31. The second kappa shape index (κ2) is 4.55. The first-order valence-corrected chi connectivity index (χ1v) is 7.94. The number of carbonyl (C=O) groups excluding carboxylic acids is 1. The topological polar surface area (TPSA) is 63.2 Å². The van der Waals surface area contributed by atoms with Crippen LogP contribution in [-0.2, 0) is 21.1 Å². The number of benzene rings is 1. The molecule has 2 unspecified atom stereocenters. The Kier molecular flexibility index (Phi) is 3.38. The summed E-state index contributed by atoms with van der Waals surface area (Å²) in [7, 11) is -3.19. The molecule has 6 heteroatoms. The molecule has 0 aromatic heterocycles. The van der Waals surface area contributed by atoms with Crippen LogP contribution in [0.4, 0.5) is 5.69 Å². The first kappa shape index (κ1) is 13.4. The van der Waals surface area contributed by atoms with E-state index in [0.29, 0.717) is 6.42 Å². The number of halogens is 1. The van der Waals surface area contributed by atoms with E-state index in [1.54, 1.807) is 25.1 Å². The minimum Gasteiger partial charge on any atom is -0.326 e. The van der Waals surface area contributed by atoms with Crippen LogP contribution in [0.3, 0.4) is 0 Å². The molecule has 0 fully saturated rings. The van der Waals surface area contributed by atoms with E-state index in [-0.39, 0.29) is 5.91 Å². The number of amides is 1. The van der Waals surface area contributed by atoms with Crippen LogP contribution < -0.4 is 5.32 Å². The van der Waals surface area contributed by atoms with E-state index in [1.165, 1.54) is 6.26 Å². The van der Waals surface area contributed by atoms with Gasteiger partial charge in [0.25, 0.3) is 0 Å². The SMILES string of the molecule is CC(C(Cl)c1ccc2c(c1)CC(=O)N2)S(C)(=O)=O. The van der Waals surface area contributed by atoms with E-state index in [0.717, 1.165) is 16.8 Å². The van der Waals surface area contributed by atoms with Crippen molar-refractivity contribution in [1.82, 2.24) is 0 Å². The molecule has 2 atom stereocenters. The summed E-state index contributed by atoms with van der Waals surface area (Å²) in [5, 5.41) is 1.45. The second-order valence-corrected chi connectivity index (χ2v) is 7.45. The van der Waals surface area contributed by atoms with E-state index in [9.17, 15) is 13.2 Å². The maximum Gasteiger partial charge on any atom is 0.228 e. The fourth-order valence-electron chi connectivity index (χ4n) is 1.91. The van der Waals surface area contributed by atoms with Crippen molar-refractivity contribution in [2.45, 2.75) is 24.0 Å². The van der Waals surface area contributed by atoms with Crippen molar-refractivity contribution in [1.29, 1.82) is 0 Å². The molecule has 2 rings (SSSR count). The number of anilines is 1. The fraction of sp³-hybridized carbons (Fsp3) is 0.417. The summed E-state index contributed by atoms with van der Waals surface area (Å²) in [6.45, 7) is 1.59. The van der Waals surface area contributed by atoms with Crippen molar-refractivity contribution in [3.05, 3.63) is 29.3 Å². The number of carbonyl (C=O) groups is 1. The zero-order chi connectivity index (χ0) is 13.5. The quantitative estimate of drug-likeness (QED) is 0.864. The predicted octanol–water partition coefficient (Wildman–Crippen LogP) is 1.89. The molecule has 18 heavy (non-hydrogen) atoms. The molecule has 0 spiro atoms. The third kappa shape index (κ3) is 2.52. The molecule has 0 aliphatic carbocycles. The lowest BCUT2D eigenvalue weighted by Crippen LogP contribution is -2.21. The molecule has 0 saturated heterocycles. The number of sulfone groups is 1. The highest BCUT2D eigenvalue weighted by atomic mass is 35.5. The summed E-state index contributed by atoms with van der Waals surface area (Å²) in [6.07, 6.45) is 1.49. The number of nitrogens with one attached hydrogen (secondary N) is 1. The monoisotopic (exact) mass is 287 g/mol. The van der Waals surface area contributed by atoms with E-state index in [1.807, 2.05) is 0 Å². The van der Waals surface area contributed by atoms with Crippen molar-refractivity contribution in [3.63, 3.8) is 0 Å². The smallest absolute Gasteiger partial charge is 0.228 e. The van der Waals surface area contributed by atoms with Crippen LogP contribution in [0, 0.1) is 0 Å². The van der Waals surface area contributed by atoms with Gasteiger partial charge in [-0.1, -0.05) is 12.1 Å². The Morgan fingerprint density at radius 3 is 2.67 bits per heavy atom. The molecule has 0 saturated carbocycles. The van der Waals surface area contributed by atoms with Crippen molar-refractivity contribution in [3.8, 4) is 0 Å². The number of alkyl halides is 1. The summed E-state index contributed by atoms with van der Waals surface area (Å²) >= 11 is 6.19. The highest BCUT2D eigenvalue weighted by molar-refractivity contribution is 7.91. The minimum atomic E-state index is -3.19. The van der Waals surface area contributed by atoms with Crippen molar-refractivity contribution < 1.29 is 13.2 Å². The molecule has 1 aromatic rings. The lowest BCUT2D eigenvalue weighted by Gasteiger charge is -2.17. The molecule has 1 aromatic carbocycles. The third-order valence-electron chi connectivity index (χ3n) is 3.16. The summed E-state index contributed by atoms with van der Waals surface area (Å²) in [4.78, 5) is 11.2. The number of hydrogen-bond donors (Lipinski definition) is 1. The van der Waals surface area contributed by atoms with E-state index in [2.05, 4.69) is 5.32 Å². The first-order valence-electron chi connectivity index (χ1n) is 5.54. The largest absolute Gasteiger partial charge is 0.326 e.